The fourth-order valence-corrected chi connectivity index (χ4v) is 2.13. The lowest BCUT2D eigenvalue weighted by molar-refractivity contribution is 0.179. The third-order valence-electron chi connectivity index (χ3n) is 3.16. The summed E-state index contributed by atoms with van der Waals surface area (Å²) >= 11 is 0. The van der Waals surface area contributed by atoms with E-state index >= 15 is 0 Å². The quantitative estimate of drug-likeness (QED) is 0.390. The van der Waals surface area contributed by atoms with Crippen LogP contribution in [-0.2, 0) is 11.3 Å². The van der Waals surface area contributed by atoms with Gasteiger partial charge in [0.2, 0.25) is 0 Å². The Morgan fingerprint density at radius 1 is 1.33 bits per heavy atom. The molecule has 0 bridgehead atoms. The van der Waals surface area contributed by atoms with Gasteiger partial charge in [0.05, 0.1) is 13.2 Å². The standard InChI is InChI=1S/C17H24N4O2.HI/c1-4-18-17(20-13(2)12-22-3)19-11-15-10-16(23-21-15)14-8-6-5-7-9-14;/h5-10,13H,4,11-12H2,1-3H3,(H2,18,19,20);1H. The molecule has 0 saturated heterocycles. The molecule has 2 N–H and O–H groups in total. The fourth-order valence-electron chi connectivity index (χ4n) is 2.13. The number of nitrogens with one attached hydrogen (secondary N) is 2. The summed E-state index contributed by atoms with van der Waals surface area (Å²) in [5.41, 5.74) is 1.80. The molecule has 0 aliphatic rings. The average Bonchev–Trinajstić information content (AvgIpc) is 3.03. The maximum Gasteiger partial charge on any atom is 0.191 e. The van der Waals surface area contributed by atoms with Crippen molar-refractivity contribution in [2.45, 2.75) is 26.4 Å². The van der Waals surface area contributed by atoms with Crippen LogP contribution in [0.25, 0.3) is 11.3 Å². The highest BCUT2D eigenvalue weighted by atomic mass is 127. The lowest BCUT2D eigenvalue weighted by Crippen LogP contribution is -2.43. The number of methoxy groups -OCH3 is 1. The van der Waals surface area contributed by atoms with E-state index in [2.05, 4.69) is 20.8 Å². The van der Waals surface area contributed by atoms with Gasteiger partial charge in [-0.25, -0.2) is 4.99 Å². The molecule has 0 spiro atoms. The lowest BCUT2D eigenvalue weighted by atomic mass is 10.2. The van der Waals surface area contributed by atoms with Gasteiger partial charge in [-0.15, -0.1) is 24.0 Å². The Morgan fingerprint density at radius 2 is 2.08 bits per heavy atom. The van der Waals surface area contributed by atoms with Crippen molar-refractivity contribution in [1.82, 2.24) is 15.8 Å². The molecule has 1 unspecified atom stereocenters. The molecular weight excluding hydrogens is 419 g/mol. The van der Waals surface area contributed by atoms with Gasteiger partial charge < -0.3 is 19.9 Å². The molecule has 0 amide bonds. The minimum atomic E-state index is 0. The molecule has 0 radical (unpaired) electrons. The van der Waals surface area contributed by atoms with Gasteiger partial charge in [0.15, 0.2) is 11.7 Å². The first-order valence-corrected chi connectivity index (χ1v) is 7.77. The average molecular weight is 444 g/mol. The van der Waals surface area contributed by atoms with Gasteiger partial charge in [0.1, 0.15) is 5.69 Å². The summed E-state index contributed by atoms with van der Waals surface area (Å²) in [6, 6.07) is 12.0. The Morgan fingerprint density at radius 3 is 2.75 bits per heavy atom. The summed E-state index contributed by atoms with van der Waals surface area (Å²) in [5, 5.41) is 10.6. The van der Waals surface area contributed by atoms with Gasteiger partial charge in [0.25, 0.3) is 0 Å². The highest BCUT2D eigenvalue weighted by molar-refractivity contribution is 14.0. The highest BCUT2D eigenvalue weighted by Crippen LogP contribution is 2.19. The maximum absolute atomic E-state index is 5.38. The van der Waals surface area contributed by atoms with E-state index < -0.39 is 0 Å². The van der Waals surface area contributed by atoms with Crippen LogP contribution in [0.3, 0.4) is 0 Å². The molecule has 7 heteroatoms. The number of nitrogens with zero attached hydrogens (tertiary/aromatic N) is 2. The van der Waals surface area contributed by atoms with E-state index in [1.807, 2.05) is 50.2 Å². The van der Waals surface area contributed by atoms with E-state index in [0.29, 0.717) is 13.2 Å². The zero-order valence-corrected chi connectivity index (χ0v) is 16.6. The molecule has 0 aliphatic carbocycles. The molecule has 6 nitrogen and oxygen atoms in total. The number of ether oxygens (including phenoxy) is 1. The number of aromatic nitrogens is 1. The van der Waals surface area contributed by atoms with Crippen molar-refractivity contribution in [3.8, 4) is 11.3 Å². The first kappa shape index (κ1) is 20.4. The van der Waals surface area contributed by atoms with Crippen LogP contribution < -0.4 is 10.6 Å². The number of rotatable bonds is 7. The number of hydrogen-bond donors (Lipinski definition) is 2. The summed E-state index contributed by atoms with van der Waals surface area (Å²) in [5.74, 6) is 1.49. The predicted octanol–water partition coefficient (Wildman–Crippen LogP) is 3.05. The lowest BCUT2D eigenvalue weighted by Gasteiger charge is -2.16. The van der Waals surface area contributed by atoms with Crippen LogP contribution in [0.4, 0.5) is 0 Å². The zero-order valence-electron chi connectivity index (χ0n) is 14.3. The molecule has 2 aromatic rings. The molecule has 0 saturated carbocycles. The van der Waals surface area contributed by atoms with Crippen molar-refractivity contribution in [2.24, 2.45) is 4.99 Å². The monoisotopic (exact) mass is 444 g/mol. The van der Waals surface area contributed by atoms with Gasteiger partial charge in [-0.3, -0.25) is 0 Å². The number of halogens is 1. The van der Waals surface area contributed by atoms with Crippen LogP contribution in [0.5, 0.6) is 0 Å². The number of aliphatic imine (C=N–C) groups is 1. The Labute approximate surface area is 160 Å². The largest absolute Gasteiger partial charge is 0.383 e. The van der Waals surface area contributed by atoms with Gasteiger partial charge in [-0.2, -0.15) is 0 Å². The van der Waals surface area contributed by atoms with Crippen LogP contribution >= 0.6 is 24.0 Å². The van der Waals surface area contributed by atoms with Gasteiger partial charge in [-0.1, -0.05) is 35.5 Å². The molecule has 1 atom stereocenters. The van der Waals surface area contributed by atoms with Crippen molar-refractivity contribution in [2.75, 3.05) is 20.3 Å². The van der Waals surface area contributed by atoms with Gasteiger partial charge >= 0.3 is 0 Å². The summed E-state index contributed by atoms with van der Waals surface area (Å²) in [6.45, 7) is 5.93. The molecule has 132 valence electrons. The van der Waals surface area contributed by atoms with Crippen LogP contribution in [0.2, 0.25) is 0 Å². The Bertz CT molecular complexity index is 616. The summed E-state index contributed by atoms with van der Waals surface area (Å²) in [4.78, 5) is 4.53. The Balaban J connectivity index is 0.00000288. The Kier molecular flexibility index (Phi) is 9.39. The second kappa shape index (κ2) is 11.0. The normalized spacial score (nSPS) is 12.4. The minimum absolute atomic E-state index is 0. The zero-order chi connectivity index (χ0) is 16.5. The first-order chi connectivity index (χ1) is 11.2. The molecule has 2 rings (SSSR count). The van der Waals surface area contributed by atoms with Crippen LogP contribution in [0, 0.1) is 0 Å². The number of guanidine groups is 1. The first-order valence-electron chi connectivity index (χ1n) is 7.77. The second-order valence-corrected chi connectivity index (χ2v) is 5.24. The molecule has 1 aromatic carbocycles. The Hall–Kier alpha value is -1.61. The predicted molar refractivity (Wildman–Crippen MR) is 107 cm³/mol. The van der Waals surface area contributed by atoms with Crippen LogP contribution in [-0.4, -0.2) is 37.4 Å². The molecule has 1 heterocycles. The van der Waals surface area contributed by atoms with E-state index in [-0.39, 0.29) is 30.0 Å². The van der Waals surface area contributed by atoms with Crippen molar-refractivity contribution in [3.63, 3.8) is 0 Å². The molecule has 1 aromatic heterocycles. The maximum atomic E-state index is 5.38. The smallest absolute Gasteiger partial charge is 0.191 e. The number of benzene rings is 1. The summed E-state index contributed by atoms with van der Waals surface area (Å²) < 4.78 is 10.5. The molecule has 24 heavy (non-hydrogen) atoms. The van der Waals surface area contributed by atoms with Crippen LogP contribution in [0.1, 0.15) is 19.5 Å². The van der Waals surface area contributed by atoms with Gasteiger partial charge in [0, 0.05) is 31.3 Å². The van der Waals surface area contributed by atoms with Gasteiger partial charge in [-0.05, 0) is 13.8 Å². The SMILES string of the molecule is CCNC(=NCc1cc(-c2ccccc2)on1)NC(C)COC.I. The molecular formula is C17H25IN4O2. The fraction of sp³-hybridized carbons (Fsp3) is 0.412. The summed E-state index contributed by atoms with van der Waals surface area (Å²) in [6.07, 6.45) is 0. The van der Waals surface area contributed by atoms with E-state index in [1.165, 1.54) is 0 Å². The third kappa shape index (κ3) is 6.48. The van der Waals surface area contributed by atoms with Crippen LogP contribution in [0.15, 0.2) is 45.9 Å². The van der Waals surface area contributed by atoms with E-state index in [1.54, 1.807) is 7.11 Å². The second-order valence-electron chi connectivity index (χ2n) is 5.24. The number of hydrogen-bond acceptors (Lipinski definition) is 4. The van der Waals surface area contributed by atoms with E-state index in [9.17, 15) is 0 Å². The third-order valence-corrected chi connectivity index (χ3v) is 3.16. The molecule has 0 fully saturated rings. The molecule has 0 aliphatic heterocycles. The van der Waals surface area contributed by atoms with Crippen molar-refractivity contribution >= 4 is 29.9 Å². The van der Waals surface area contributed by atoms with E-state index in [0.717, 1.165) is 29.5 Å². The topological polar surface area (TPSA) is 71.7 Å². The van der Waals surface area contributed by atoms with Crippen molar-refractivity contribution in [1.29, 1.82) is 0 Å². The van der Waals surface area contributed by atoms with Crippen molar-refractivity contribution < 1.29 is 9.26 Å². The van der Waals surface area contributed by atoms with Crippen molar-refractivity contribution in [3.05, 3.63) is 42.1 Å². The highest BCUT2D eigenvalue weighted by Gasteiger charge is 2.08. The van der Waals surface area contributed by atoms with E-state index in [4.69, 9.17) is 9.26 Å². The minimum Gasteiger partial charge on any atom is -0.383 e. The summed E-state index contributed by atoms with van der Waals surface area (Å²) in [7, 11) is 1.68.